The van der Waals surface area contributed by atoms with Crippen LogP contribution in [0.3, 0.4) is 0 Å². The molecule has 7 heteroatoms. The minimum atomic E-state index is -0.607. The van der Waals surface area contributed by atoms with Crippen molar-refractivity contribution in [2.75, 3.05) is 13.2 Å². The number of nitrogens with zero attached hydrogens (tertiary/aromatic N) is 3. The van der Waals surface area contributed by atoms with Gasteiger partial charge in [0.05, 0.1) is 13.2 Å². The van der Waals surface area contributed by atoms with E-state index in [2.05, 4.69) is 4.99 Å². The van der Waals surface area contributed by atoms with Gasteiger partial charge in [-0.15, -0.1) is 0 Å². The van der Waals surface area contributed by atoms with Crippen molar-refractivity contribution in [3.63, 3.8) is 0 Å². The lowest BCUT2D eigenvalue weighted by Crippen LogP contribution is -2.39. The van der Waals surface area contributed by atoms with Crippen LogP contribution in [0.2, 0.25) is 0 Å². The van der Waals surface area contributed by atoms with E-state index in [0.717, 1.165) is 9.13 Å². The molecule has 2 N–H and O–H groups in total. The molecule has 0 aliphatic rings. The van der Waals surface area contributed by atoms with Gasteiger partial charge in [0, 0.05) is 19.8 Å². The van der Waals surface area contributed by atoms with Gasteiger partial charge in [-0.05, 0) is 6.92 Å². The monoisotopic (exact) mass is 241 g/mol. The van der Waals surface area contributed by atoms with Crippen molar-refractivity contribution in [2.24, 2.45) is 19.1 Å². The second-order valence-corrected chi connectivity index (χ2v) is 3.60. The molecule has 0 atom stereocenters. The van der Waals surface area contributed by atoms with E-state index in [0.29, 0.717) is 0 Å². The number of rotatable bonds is 3. The van der Waals surface area contributed by atoms with Gasteiger partial charge in [-0.2, -0.15) is 0 Å². The Balaban J connectivity index is 3.56. The summed E-state index contributed by atoms with van der Waals surface area (Å²) >= 11 is 0. The fourth-order valence-corrected chi connectivity index (χ4v) is 1.45. The van der Waals surface area contributed by atoms with E-state index in [1.165, 1.54) is 21.0 Å². The van der Waals surface area contributed by atoms with Gasteiger partial charge in [-0.3, -0.25) is 18.9 Å². The standard InChI is InChI=1S/C10H15N3O4/c1-6(11-4-5-14)7-8(15)12(2)10(17)13(3)9(7)16/h14-15H,4-5H2,1-3H3. The zero-order valence-electron chi connectivity index (χ0n) is 9.97. The molecule has 1 aromatic heterocycles. The Morgan fingerprint density at radius 1 is 1.29 bits per heavy atom. The van der Waals surface area contributed by atoms with Gasteiger partial charge >= 0.3 is 5.69 Å². The summed E-state index contributed by atoms with van der Waals surface area (Å²) in [5, 5.41) is 18.4. The van der Waals surface area contributed by atoms with Crippen LogP contribution in [-0.4, -0.2) is 38.2 Å². The smallest absolute Gasteiger partial charge is 0.333 e. The largest absolute Gasteiger partial charge is 0.494 e. The Bertz CT molecular complexity index is 568. The number of aromatic hydroxyl groups is 1. The number of aliphatic hydroxyl groups excluding tert-OH is 1. The highest BCUT2D eigenvalue weighted by Gasteiger charge is 2.16. The number of hydrogen-bond donors (Lipinski definition) is 2. The summed E-state index contributed by atoms with van der Waals surface area (Å²) in [6.45, 7) is 1.53. The van der Waals surface area contributed by atoms with Crippen LogP contribution in [0, 0.1) is 0 Å². The third-order valence-electron chi connectivity index (χ3n) is 2.44. The molecule has 1 rings (SSSR count). The first-order valence-corrected chi connectivity index (χ1v) is 5.03. The molecule has 1 aromatic rings. The molecule has 7 nitrogen and oxygen atoms in total. The second kappa shape index (κ2) is 4.96. The van der Waals surface area contributed by atoms with Gasteiger partial charge in [0.15, 0.2) is 0 Å². The molecule has 0 aliphatic heterocycles. The van der Waals surface area contributed by atoms with E-state index < -0.39 is 17.1 Å². The molecule has 17 heavy (non-hydrogen) atoms. The highest BCUT2D eigenvalue weighted by molar-refractivity contribution is 6.00. The van der Waals surface area contributed by atoms with Crippen molar-refractivity contribution < 1.29 is 10.2 Å². The first-order chi connectivity index (χ1) is 7.91. The molecule has 1 heterocycles. The zero-order valence-corrected chi connectivity index (χ0v) is 9.97. The Kier molecular flexibility index (Phi) is 3.84. The molecular weight excluding hydrogens is 226 g/mol. The van der Waals surface area contributed by atoms with E-state index in [1.807, 2.05) is 0 Å². The van der Waals surface area contributed by atoms with Gasteiger partial charge in [0.1, 0.15) is 5.56 Å². The maximum atomic E-state index is 11.8. The van der Waals surface area contributed by atoms with Gasteiger partial charge in [-0.25, -0.2) is 4.79 Å². The van der Waals surface area contributed by atoms with Crippen LogP contribution in [0.25, 0.3) is 0 Å². The molecule has 0 aliphatic carbocycles. The number of aliphatic hydroxyl groups is 1. The lowest BCUT2D eigenvalue weighted by Gasteiger charge is -2.09. The molecule has 0 amide bonds. The second-order valence-electron chi connectivity index (χ2n) is 3.60. The van der Waals surface area contributed by atoms with E-state index in [4.69, 9.17) is 5.11 Å². The van der Waals surface area contributed by atoms with Crippen molar-refractivity contribution in [2.45, 2.75) is 6.92 Å². The molecule has 0 radical (unpaired) electrons. The summed E-state index contributed by atoms with van der Waals surface area (Å²) in [5.74, 6) is -0.419. The van der Waals surface area contributed by atoms with Crippen molar-refractivity contribution in [3.05, 3.63) is 26.4 Å². The van der Waals surface area contributed by atoms with Crippen LogP contribution >= 0.6 is 0 Å². The summed E-state index contributed by atoms with van der Waals surface area (Å²) < 4.78 is 1.86. The first-order valence-electron chi connectivity index (χ1n) is 5.03. The highest BCUT2D eigenvalue weighted by atomic mass is 16.3. The van der Waals surface area contributed by atoms with Crippen LogP contribution in [0.1, 0.15) is 12.5 Å². The Morgan fingerprint density at radius 2 is 1.88 bits per heavy atom. The topological polar surface area (TPSA) is 96.8 Å². The Labute approximate surface area is 97.3 Å². The molecule has 94 valence electrons. The first kappa shape index (κ1) is 13.2. The molecule has 0 saturated carbocycles. The molecule has 0 bridgehead atoms. The van der Waals surface area contributed by atoms with Crippen LogP contribution in [0.4, 0.5) is 0 Å². The number of hydrogen-bond acceptors (Lipinski definition) is 5. The molecule has 0 spiro atoms. The molecule has 0 unspecified atom stereocenters. The minimum Gasteiger partial charge on any atom is -0.494 e. The summed E-state index contributed by atoms with van der Waals surface area (Å²) in [7, 11) is 2.69. The fourth-order valence-electron chi connectivity index (χ4n) is 1.45. The van der Waals surface area contributed by atoms with Crippen LogP contribution in [0.15, 0.2) is 14.6 Å². The maximum absolute atomic E-state index is 11.8. The third kappa shape index (κ3) is 2.28. The van der Waals surface area contributed by atoms with Crippen molar-refractivity contribution in [1.29, 1.82) is 0 Å². The van der Waals surface area contributed by atoms with Crippen molar-refractivity contribution >= 4 is 5.71 Å². The lowest BCUT2D eigenvalue weighted by molar-refractivity contribution is 0.307. The average molecular weight is 241 g/mol. The molecular formula is C10H15N3O4. The van der Waals surface area contributed by atoms with Crippen LogP contribution < -0.4 is 11.2 Å². The number of aliphatic imine (C=N–C) groups is 1. The van der Waals surface area contributed by atoms with Gasteiger partial charge in [0.2, 0.25) is 5.88 Å². The Morgan fingerprint density at radius 3 is 2.41 bits per heavy atom. The molecule has 0 aromatic carbocycles. The predicted molar refractivity (Wildman–Crippen MR) is 62.8 cm³/mol. The molecule has 0 fully saturated rings. The van der Waals surface area contributed by atoms with E-state index >= 15 is 0 Å². The molecule has 0 saturated heterocycles. The quantitative estimate of drug-likeness (QED) is 0.635. The third-order valence-corrected chi connectivity index (χ3v) is 2.44. The minimum absolute atomic E-state index is 0.0250. The Hall–Kier alpha value is -1.89. The van der Waals surface area contributed by atoms with E-state index in [9.17, 15) is 14.7 Å². The van der Waals surface area contributed by atoms with Crippen LogP contribution in [-0.2, 0) is 14.1 Å². The van der Waals surface area contributed by atoms with Crippen LogP contribution in [0.5, 0.6) is 5.88 Å². The SMILES string of the molecule is CC(=NCCO)c1c(O)n(C)c(=O)n(C)c1=O. The summed E-state index contributed by atoms with van der Waals surface area (Å²) in [6.07, 6.45) is 0. The van der Waals surface area contributed by atoms with E-state index in [1.54, 1.807) is 0 Å². The predicted octanol–water partition coefficient (Wildman–Crippen LogP) is -1.41. The highest BCUT2D eigenvalue weighted by Crippen LogP contribution is 2.09. The fraction of sp³-hybridized carbons (Fsp3) is 0.500. The maximum Gasteiger partial charge on any atom is 0.333 e. The average Bonchev–Trinajstić information content (AvgIpc) is 2.31. The summed E-state index contributed by atoms with van der Waals surface area (Å²) in [6, 6.07) is 0. The van der Waals surface area contributed by atoms with Crippen molar-refractivity contribution in [1.82, 2.24) is 9.13 Å². The van der Waals surface area contributed by atoms with Crippen molar-refractivity contribution in [3.8, 4) is 5.88 Å². The summed E-state index contributed by atoms with van der Waals surface area (Å²) in [4.78, 5) is 27.2. The van der Waals surface area contributed by atoms with Gasteiger partial charge in [0.25, 0.3) is 5.56 Å². The number of aromatic nitrogens is 2. The zero-order chi connectivity index (χ0) is 13.2. The van der Waals surface area contributed by atoms with E-state index in [-0.39, 0.29) is 24.4 Å². The normalized spacial score (nSPS) is 11.9. The van der Waals surface area contributed by atoms with Gasteiger partial charge < -0.3 is 10.2 Å². The lowest BCUT2D eigenvalue weighted by atomic mass is 10.2. The summed E-state index contributed by atoms with van der Waals surface area (Å²) in [5.41, 5.74) is -0.952. The van der Waals surface area contributed by atoms with Gasteiger partial charge in [-0.1, -0.05) is 0 Å².